The van der Waals surface area contributed by atoms with Gasteiger partial charge in [0, 0.05) is 24.5 Å². The molecule has 0 aliphatic heterocycles. The first-order valence-corrected chi connectivity index (χ1v) is 8.29. The molecule has 21 heavy (non-hydrogen) atoms. The fourth-order valence-corrected chi connectivity index (χ4v) is 2.82. The van der Waals surface area contributed by atoms with Gasteiger partial charge in [-0.2, -0.15) is 0 Å². The molecule has 114 valence electrons. The summed E-state index contributed by atoms with van der Waals surface area (Å²) >= 11 is 1.80. The van der Waals surface area contributed by atoms with E-state index in [9.17, 15) is 0 Å². The Kier molecular flexibility index (Phi) is 6.73. The minimum absolute atomic E-state index is 0.717. The van der Waals surface area contributed by atoms with Crippen molar-refractivity contribution >= 4 is 11.3 Å². The Bertz CT molecular complexity index is 496. The molecule has 1 aromatic carbocycles. The molecule has 0 atom stereocenters. The first-order chi connectivity index (χ1) is 10.3. The number of nitrogens with one attached hydrogen (secondary N) is 1. The zero-order valence-electron chi connectivity index (χ0n) is 12.8. The van der Waals surface area contributed by atoms with E-state index in [0.717, 1.165) is 31.9 Å². The third-order valence-electron chi connectivity index (χ3n) is 3.25. The maximum atomic E-state index is 5.80. The van der Waals surface area contributed by atoms with Crippen LogP contribution in [0.25, 0.3) is 0 Å². The van der Waals surface area contributed by atoms with Crippen molar-refractivity contribution in [3.8, 4) is 5.75 Å². The zero-order valence-corrected chi connectivity index (χ0v) is 13.7. The molecule has 2 aromatic rings. The van der Waals surface area contributed by atoms with Crippen molar-refractivity contribution in [2.45, 2.75) is 20.0 Å². The summed E-state index contributed by atoms with van der Waals surface area (Å²) in [5, 5.41) is 5.44. The summed E-state index contributed by atoms with van der Waals surface area (Å²) in [4.78, 5) is 3.68. The van der Waals surface area contributed by atoms with Crippen molar-refractivity contribution in [2.75, 3.05) is 26.7 Å². The fourth-order valence-electron chi connectivity index (χ4n) is 2.04. The minimum atomic E-state index is 0.717. The molecular formula is C17H24N2OS. The predicted octanol–water partition coefficient (Wildman–Crippen LogP) is 3.37. The number of rotatable bonds is 9. The normalized spacial score (nSPS) is 11.0. The molecule has 1 N–H and O–H groups in total. The molecule has 0 aliphatic rings. The van der Waals surface area contributed by atoms with E-state index in [1.165, 1.54) is 10.4 Å². The van der Waals surface area contributed by atoms with E-state index in [0.29, 0.717) is 6.61 Å². The monoisotopic (exact) mass is 304 g/mol. The summed E-state index contributed by atoms with van der Waals surface area (Å²) in [6.07, 6.45) is 0. The van der Waals surface area contributed by atoms with Gasteiger partial charge in [-0.15, -0.1) is 11.3 Å². The summed E-state index contributed by atoms with van der Waals surface area (Å²) < 4.78 is 5.80. The quantitative estimate of drug-likeness (QED) is 0.769. The van der Waals surface area contributed by atoms with Crippen LogP contribution >= 0.6 is 11.3 Å². The van der Waals surface area contributed by atoms with E-state index in [1.807, 2.05) is 12.1 Å². The fraction of sp³-hybridized carbons (Fsp3) is 0.412. The molecule has 0 amide bonds. The van der Waals surface area contributed by atoms with E-state index in [2.05, 4.69) is 53.8 Å². The third kappa shape index (κ3) is 5.87. The van der Waals surface area contributed by atoms with Gasteiger partial charge in [-0.3, -0.25) is 4.90 Å². The number of ether oxygens (including phenoxy) is 1. The van der Waals surface area contributed by atoms with Gasteiger partial charge in [0.15, 0.2) is 0 Å². The second-order valence-electron chi connectivity index (χ2n) is 5.09. The van der Waals surface area contributed by atoms with Crippen molar-refractivity contribution < 1.29 is 4.74 Å². The molecule has 1 aromatic heterocycles. The maximum Gasteiger partial charge on any atom is 0.119 e. The van der Waals surface area contributed by atoms with E-state index in [-0.39, 0.29) is 0 Å². The van der Waals surface area contributed by atoms with Crippen molar-refractivity contribution in [3.05, 3.63) is 52.2 Å². The summed E-state index contributed by atoms with van der Waals surface area (Å²) in [7, 11) is 2.13. The van der Waals surface area contributed by atoms with Gasteiger partial charge in [0.2, 0.25) is 0 Å². The van der Waals surface area contributed by atoms with Crippen LogP contribution in [0.2, 0.25) is 0 Å². The van der Waals surface area contributed by atoms with Crippen LogP contribution in [0.15, 0.2) is 41.8 Å². The third-order valence-corrected chi connectivity index (χ3v) is 4.11. The average molecular weight is 304 g/mol. The lowest BCUT2D eigenvalue weighted by Gasteiger charge is -2.16. The smallest absolute Gasteiger partial charge is 0.119 e. The first kappa shape index (κ1) is 16.0. The van der Waals surface area contributed by atoms with E-state index in [1.54, 1.807) is 11.3 Å². The average Bonchev–Trinajstić information content (AvgIpc) is 2.99. The van der Waals surface area contributed by atoms with Crippen molar-refractivity contribution in [2.24, 2.45) is 0 Å². The Morgan fingerprint density at radius 3 is 2.67 bits per heavy atom. The van der Waals surface area contributed by atoms with Gasteiger partial charge in [0.1, 0.15) is 12.4 Å². The van der Waals surface area contributed by atoms with Gasteiger partial charge in [-0.05, 0) is 42.7 Å². The van der Waals surface area contributed by atoms with Crippen molar-refractivity contribution in [1.29, 1.82) is 0 Å². The molecule has 2 rings (SSSR count). The number of nitrogens with zero attached hydrogens (tertiary/aromatic N) is 1. The Balaban J connectivity index is 1.68. The van der Waals surface area contributed by atoms with Gasteiger partial charge in [-0.1, -0.05) is 25.1 Å². The van der Waals surface area contributed by atoms with Crippen molar-refractivity contribution in [3.63, 3.8) is 0 Å². The molecule has 4 heteroatoms. The molecule has 0 aliphatic carbocycles. The highest BCUT2D eigenvalue weighted by Crippen LogP contribution is 2.13. The second kappa shape index (κ2) is 8.82. The predicted molar refractivity (Wildman–Crippen MR) is 90.0 cm³/mol. The molecule has 0 fully saturated rings. The number of hydrogen-bond donors (Lipinski definition) is 1. The molecule has 0 saturated heterocycles. The lowest BCUT2D eigenvalue weighted by atomic mass is 10.2. The summed E-state index contributed by atoms with van der Waals surface area (Å²) in [5.74, 6) is 0.944. The first-order valence-electron chi connectivity index (χ1n) is 7.41. The maximum absolute atomic E-state index is 5.80. The van der Waals surface area contributed by atoms with Gasteiger partial charge in [0.05, 0.1) is 0 Å². The molecule has 0 spiro atoms. The Hall–Kier alpha value is -1.36. The number of benzene rings is 1. The Morgan fingerprint density at radius 2 is 2.00 bits per heavy atom. The Morgan fingerprint density at radius 1 is 1.19 bits per heavy atom. The van der Waals surface area contributed by atoms with Gasteiger partial charge in [0.25, 0.3) is 0 Å². The van der Waals surface area contributed by atoms with E-state index < -0.39 is 0 Å². The highest BCUT2D eigenvalue weighted by Gasteiger charge is 2.02. The highest BCUT2D eigenvalue weighted by atomic mass is 32.1. The van der Waals surface area contributed by atoms with E-state index in [4.69, 9.17) is 4.74 Å². The second-order valence-corrected chi connectivity index (χ2v) is 6.12. The standard InChI is InChI=1S/C17H24N2OS/c1-3-18-13-15-6-8-16(9-7-15)20-11-10-19(2)14-17-5-4-12-21-17/h4-9,12,18H,3,10-11,13-14H2,1-2H3. The SMILES string of the molecule is CCNCc1ccc(OCCN(C)Cc2cccs2)cc1. The lowest BCUT2D eigenvalue weighted by molar-refractivity contribution is 0.234. The van der Waals surface area contributed by atoms with Crippen LogP contribution < -0.4 is 10.1 Å². The van der Waals surface area contributed by atoms with Crippen LogP contribution in [0.3, 0.4) is 0 Å². The lowest BCUT2D eigenvalue weighted by Crippen LogP contribution is -2.23. The number of hydrogen-bond acceptors (Lipinski definition) is 4. The van der Waals surface area contributed by atoms with E-state index >= 15 is 0 Å². The Labute approximate surface area is 131 Å². The molecular weight excluding hydrogens is 280 g/mol. The molecule has 0 saturated carbocycles. The molecule has 0 bridgehead atoms. The van der Waals surface area contributed by atoms with Gasteiger partial charge >= 0.3 is 0 Å². The number of thiophene rings is 1. The summed E-state index contributed by atoms with van der Waals surface area (Å²) in [6.45, 7) is 6.66. The van der Waals surface area contributed by atoms with Gasteiger partial charge in [-0.25, -0.2) is 0 Å². The zero-order chi connectivity index (χ0) is 14.9. The topological polar surface area (TPSA) is 24.5 Å². The van der Waals surface area contributed by atoms with Crippen LogP contribution in [-0.2, 0) is 13.1 Å². The largest absolute Gasteiger partial charge is 0.492 e. The highest BCUT2D eigenvalue weighted by molar-refractivity contribution is 7.09. The molecule has 3 nitrogen and oxygen atoms in total. The van der Waals surface area contributed by atoms with Crippen LogP contribution in [0.4, 0.5) is 0 Å². The number of likely N-dealkylation sites (N-methyl/N-ethyl adjacent to an activating group) is 1. The van der Waals surface area contributed by atoms with Crippen LogP contribution in [0.5, 0.6) is 5.75 Å². The van der Waals surface area contributed by atoms with Gasteiger partial charge < -0.3 is 10.1 Å². The molecule has 0 unspecified atom stereocenters. The van der Waals surface area contributed by atoms with Crippen LogP contribution in [0, 0.1) is 0 Å². The summed E-state index contributed by atoms with van der Waals surface area (Å²) in [6, 6.07) is 12.6. The molecule has 0 radical (unpaired) electrons. The summed E-state index contributed by atoms with van der Waals surface area (Å²) in [5.41, 5.74) is 1.29. The van der Waals surface area contributed by atoms with Crippen molar-refractivity contribution in [1.82, 2.24) is 10.2 Å². The van der Waals surface area contributed by atoms with Crippen LogP contribution in [0.1, 0.15) is 17.4 Å². The minimum Gasteiger partial charge on any atom is -0.492 e. The van der Waals surface area contributed by atoms with Crippen LogP contribution in [-0.4, -0.2) is 31.6 Å². The molecule has 1 heterocycles.